The normalized spacial score (nSPS) is 10.4. The number of carbonyl (C=O) groups is 1. The molecule has 0 unspecified atom stereocenters. The molecule has 1 heterocycles. The summed E-state index contributed by atoms with van der Waals surface area (Å²) in [5.74, 6) is -0.160. The lowest BCUT2D eigenvalue weighted by atomic mass is 10.2. The first-order valence-electron chi connectivity index (χ1n) is 5.35. The van der Waals surface area contributed by atoms with Gasteiger partial charge in [-0.1, -0.05) is 27.5 Å². The van der Waals surface area contributed by atoms with Crippen LogP contribution in [0.2, 0.25) is 5.02 Å². The third-order valence-corrected chi connectivity index (χ3v) is 4.22. The van der Waals surface area contributed by atoms with Crippen molar-refractivity contribution in [3.63, 3.8) is 0 Å². The third kappa shape index (κ3) is 3.34. The Kier molecular flexibility index (Phi) is 4.43. The van der Waals surface area contributed by atoms with Crippen LogP contribution in [0, 0.1) is 6.92 Å². The summed E-state index contributed by atoms with van der Waals surface area (Å²) in [6.45, 7) is 2.57. The standard InChI is InChI=1S/C13H11BrClNOS/c1-8-2-4-10(18-8)7-16-13(17)11-6-9(14)3-5-12(11)15/h2-6H,7H2,1H3,(H,16,17). The first kappa shape index (κ1) is 13.6. The lowest BCUT2D eigenvalue weighted by Crippen LogP contribution is -2.22. The van der Waals surface area contributed by atoms with Gasteiger partial charge in [-0.2, -0.15) is 0 Å². The molecule has 0 aliphatic heterocycles. The highest BCUT2D eigenvalue weighted by Gasteiger charge is 2.10. The SMILES string of the molecule is Cc1ccc(CNC(=O)c2cc(Br)ccc2Cl)s1. The Balaban J connectivity index is 2.05. The maximum atomic E-state index is 12.0. The molecule has 1 N–H and O–H groups in total. The predicted molar refractivity (Wildman–Crippen MR) is 79.4 cm³/mol. The number of amides is 1. The van der Waals surface area contributed by atoms with Crippen molar-refractivity contribution in [1.29, 1.82) is 0 Å². The van der Waals surface area contributed by atoms with Crippen molar-refractivity contribution in [2.45, 2.75) is 13.5 Å². The molecule has 94 valence electrons. The summed E-state index contributed by atoms with van der Waals surface area (Å²) in [6, 6.07) is 9.29. The fourth-order valence-corrected chi connectivity index (χ4v) is 2.91. The minimum Gasteiger partial charge on any atom is -0.347 e. The molecule has 0 fully saturated rings. The first-order chi connectivity index (χ1) is 8.56. The van der Waals surface area contributed by atoms with E-state index < -0.39 is 0 Å². The zero-order valence-electron chi connectivity index (χ0n) is 9.67. The summed E-state index contributed by atoms with van der Waals surface area (Å²) < 4.78 is 0.837. The number of hydrogen-bond acceptors (Lipinski definition) is 2. The molecule has 2 aromatic rings. The van der Waals surface area contributed by atoms with E-state index in [2.05, 4.69) is 21.2 Å². The van der Waals surface area contributed by atoms with Gasteiger partial charge >= 0.3 is 0 Å². The summed E-state index contributed by atoms with van der Waals surface area (Å²) in [4.78, 5) is 14.4. The number of hydrogen-bond donors (Lipinski definition) is 1. The Morgan fingerprint density at radius 2 is 2.17 bits per heavy atom. The molecule has 18 heavy (non-hydrogen) atoms. The number of nitrogens with one attached hydrogen (secondary N) is 1. The predicted octanol–water partition coefficient (Wildman–Crippen LogP) is 4.40. The highest BCUT2D eigenvalue weighted by molar-refractivity contribution is 9.10. The van der Waals surface area contributed by atoms with E-state index in [0.29, 0.717) is 17.1 Å². The number of rotatable bonds is 3. The second-order valence-corrected chi connectivity index (χ2v) is 6.51. The van der Waals surface area contributed by atoms with E-state index in [-0.39, 0.29) is 5.91 Å². The Labute approximate surface area is 123 Å². The van der Waals surface area contributed by atoms with Gasteiger partial charge in [0, 0.05) is 14.2 Å². The fourth-order valence-electron chi connectivity index (χ4n) is 1.51. The summed E-state index contributed by atoms with van der Waals surface area (Å²) in [5, 5.41) is 3.32. The molecule has 1 amide bonds. The zero-order valence-corrected chi connectivity index (χ0v) is 12.8. The van der Waals surface area contributed by atoms with E-state index >= 15 is 0 Å². The summed E-state index contributed by atoms with van der Waals surface area (Å²) in [7, 11) is 0. The van der Waals surface area contributed by atoms with E-state index in [4.69, 9.17) is 11.6 Å². The molecule has 0 saturated heterocycles. The van der Waals surface area contributed by atoms with Crippen molar-refractivity contribution < 1.29 is 4.79 Å². The van der Waals surface area contributed by atoms with Crippen molar-refractivity contribution >= 4 is 44.8 Å². The van der Waals surface area contributed by atoms with Crippen LogP contribution in [0.5, 0.6) is 0 Å². The molecule has 0 aliphatic carbocycles. The van der Waals surface area contributed by atoms with E-state index in [9.17, 15) is 4.79 Å². The third-order valence-electron chi connectivity index (χ3n) is 2.39. The maximum Gasteiger partial charge on any atom is 0.253 e. The Morgan fingerprint density at radius 1 is 1.39 bits per heavy atom. The van der Waals surface area contributed by atoms with Crippen LogP contribution in [0.4, 0.5) is 0 Å². The summed E-state index contributed by atoms with van der Waals surface area (Å²) in [6.07, 6.45) is 0. The number of thiophene rings is 1. The minimum absolute atomic E-state index is 0.160. The lowest BCUT2D eigenvalue weighted by molar-refractivity contribution is 0.0951. The fraction of sp³-hybridized carbons (Fsp3) is 0.154. The molecule has 2 nitrogen and oxygen atoms in total. The van der Waals surface area contributed by atoms with Crippen molar-refractivity contribution in [3.8, 4) is 0 Å². The highest BCUT2D eigenvalue weighted by atomic mass is 79.9. The lowest BCUT2D eigenvalue weighted by Gasteiger charge is -2.06. The maximum absolute atomic E-state index is 12.0. The molecule has 0 saturated carbocycles. The molecule has 0 atom stereocenters. The van der Waals surface area contributed by atoms with Crippen molar-refractivity contribution in [2.75, 3.05) is 0 Å². The van der Waals surface area contributed by atoms with Crippen LogP contribution in [0.25, 0.3) is 0 Å². The molecule has 1 aromatic carbocycles. The van der Waals surface area contributed by atoms with E-state index in [1.165, 1.54) is 4.88 Å². The van der Waals surface area contributed by atoms with Gasteiger partial charge in [0.25, 0.3) is 5.91 Å². The van der Waals surface area contributed by atoms with Gasteiger partial charge in [-0.25, -0.2) is 0 Å². The number of benzene rings is 1. The second-order valence-electron chi connectivity index (χ2n) is 3.82. The van der Waals surface area contributed by atoms with Crippen molar-refractivity contribution in [3.05, 3.63) is 55.1 Å². The monoisotopic (exact) mass is 343 g/mol. The van der Waals surface area contributed by atoms with Crippen LogP contribution in [-0.2, 0) is 6.54 Å². The highest BCUT2D eigenvalue weighted by Crippen LogP contribution is 2.21. The van der Waals surface area contributed by atoms with Crippen LogP contribution in [0.3, 0.4) is 0 Å². The van der Waals surface area contributed by atoms with Crippen LogP contribution < -0.4 is 5.32 Å². The molecule has 0 bridgehead atoms. The first-order valence-corrected chi connectivity index (χ1v) is 7.33. The quantitative estimate of drug-likeness (QED) is 0.878. The van der Waals surface area contributed by atoms with Crippen molar-refractivity contribution in [1.82, 2.24) is 5.32 Å². The van der Waals surface area contributed by atoms with E-state index in [1.54, 1.807) is 23.5 Å². The topological polar surface area (TPSA) is 29.1 Å². The van der Waals surface area contributed by atoms with Gasteiger partial charge < -0.3 is 5.32 Å². The number of aryl methyl sites for hydroxylation is 1. The van der Waals surface area contributed by atoms with Crippen LogP contribution in [-0.4, -0.2) is 5.91 Å². The molecule has 0 radical (unpaired) electrons. The van der Waals surface area contributed by atoms with Crippen LogP contribution in [0.1, 0.15) is 20.1 Å². The van der Waals surface area contributed by atoms with Gasteiger partial charge in [-0.15, -0.1) is 11.3 Å². The molecule has 0 aliphatic rings. The molecular formula is C13H11BrClNOS. The molecule has 5 heteroatoms. The van der Waals surface area contributed by atoms with E-state index in [0.717, 1.165) is 9.35 Å². The minimum atomic E-state index is -0.160. The van der Waals surface area contributed by atoms with Gasteiger partial charge in [-0.3, -0.25) is 4.79 Å². The Bertz CT molecular complexity index is 582. The van der Waals surface area contributed by atoms with Gasteiger partial charge in [0.1, 0.15) is 0 Å². The van der Waals surface area contributed by atoms with Gasteiger partial charge in [0.15, 0.2) is 0 Å². The van der Waals surface area contributed by atoms with Crippen LogP contribution >= 0.6 is 38.9 Å². The molecule has 0 spiro atoms. The smallest absolute Gasteiger partial charge is 0.253 e. The average molecular weight is 345 g/mol. The second kappa shape index (κ2) is 5.87. The number of halogens is 2. The van der Waals surface area contributed by atoms with Crippen LogP contribution in [0.15, 0.2) is 34.8 Å². The zero-order chi connectivity index (χ0) is 13.1. The molecular weight excluding hydrogens is 334 g/mol. The average Bonchev–Trinajstić information content (AvgIpc) is 2.75. The number of carbonyl (C=O) groups excluding carboxylic acids is 1. The Morgan fingerprint density at radius 3 is 2.83 bits per heavy atom. The molecule has 2 rings (SSSR count). The molecule has 1 aromatic heterocycles. The van der Waals surface area contributed by atoms with E-state index in [1.807, 2.05) is 25.1 Å². The summed E-state index contributed by atoms with van der Waals surface area (Å²) in [5.41, 5.74) is 0.485. The van der Waals surface area contributed by atoms with Gasteiger partial charge in [0.2, 0.25) is 0 Å². The summed E-state index contributed by atoms with van der Waals surface area (Å²) >= 11 is 11.0. The van der Waals surface area contributed by atoms with Gasteiger partial charge in [0.05, 0.1) is 17.1 Å². The largest absolute Gasteiger partial charge is 0.347 e. The Hall–Kier alpha value is -0.840. The van der Waals surface area contributed by atoms with Gasteiger partial charge in [-0.05, 0) is 37.3 Å². The van der Waals surface area contributed by atoms with Crippen molar-refractivity contribution in [2.24, 2.45) is 0 Å².